The molecule has 2 rings (SSSR count). The van der Waals surface area contributed by atoms with E-state index in [1.165, 1.54) is 35.4 Å². The van der Waals surface area contributed by atoms with Gasteiger partial charge in [-0.25, -0.2) is 9.78 Å². The van der Waals surface area contributed by atoms with Crippen molar-refractivity contribution in [2.24, 2.45) is 0 Å². The van der Waals surface area contributed by atoms with Crippen LogP contribution in [0.2, 0.25) is 0 Å². The molecule has 0 fully saturated rings. The molecule has 0 aliphatic heterocycles. The minimum atomic E-state index is -4.53. The molecule has 2 aromatic rings. The van der Waals surface area contributed by atoms with Crippen molar-refractivity contribution in [3.63, 3.8) is 0 Å². The number of benzene rings is 1. The van der Waals surface area contributed by atoms with E-state index in [2.05, 4.69) is 10.3 Å². The van der Waals surface area contributed by atoms with E-state index in [-0.39, 0.29) is 43.0 Å². The van der Waals surface area contributed by atoms with Crippen molar-refractivity contribution < 1.29 is 27.5 Å². The van der Waals surface area contributed by atoms with Gasteiger partial charge in [0.25, 0.3) is 5.91 Å². The normalized spacial score (nSPS) is 10.5. The SMILES string of the molecule is N#CCCN(CCC#N)C(=O)COC(=O)c1cccnc1Nc1cccc(C(F)(F)F)c1. The molecule has 0 saturated carbocycles. The molecule has 8 nitrogen and oxygen atoms in total. The number of nitrogens with zero attached hydrogens (tertiary/aromatic N) is 4. The molecule has 0 radical (unpaired) electrons. The van der Waals surface area contributed by atoms with Crippen molar-refractivity contribution in [3.05, 3.63) is 53.7 Å². The zero-order valence-corrected chi connectivity index (χ0v) is 16.7. The number of hydrogen-bond acceptors (Lipinski definition) is 7. The minimum Gasteiger partial charge on any atom is -0.452 e. The number of rotatable bonds is 9. The Hall–Kier alpha value is -4.12. The molecule has 0 unspecified atom stereocenters. The molecule has 0 atom stereocenters. The molecular weight excluding hydrogens is 427 g/mol. The van der Waals surface area contributed by atoms with E-state index in [1.54, 1.807) is 0 Å². The first-order valence-electron chi connectivity index (χ1n) is 9.34. The summed E-state index contributed by atoms with van der Waals surface area (Å²) < 4.78 is 43.8. The third kappa shape index (κ3) is 6.99. The summed E-state index contributed by atoms with van der Waals surface area (Å²) in [6.45, 7) is -0.457. The summed E-state index contributed by atoms with van der Waals surface area (Å²) >= 11 is 0. The van der Waals surface area contributed by atoms with Crippen LogP contribution in [0.25, 0.3) is 0 Å². The highest BCUT2D eigenvalue weighted by molar-refractivity contribution is 5.96. The number of nitrogens with one attached hydrogen (secondary N) is 1. The van der Waals surface area contributed by atoms with E-state index < -0.39 is 30.2 Å². The largest absolute Gasteiger partial charge is 0.452 e. The van der Waals surface area contributed by atoms with Crippen LogP contribution in [0.3, 0.4) is 0 Å². The quantitative estimate of drug-likeness (QED) is 0.585. The second-order valence-electron chi connectivity index (χ2n) is 6.38. The average molecular weight is 445 g/mol. The lowest BCUT2D eigenvalue weighted by atomic mass is 10.2. The number of pyridine rings is 1. The van der Waals surface area contributed by atoms with Crippen molar-refractivity contribution in [1.29, 1.82) is 10.5 Å². The maximum absolute atomic E-state index is 12.9. The second kappa shape index (κ2) is 11.3. The average Bonchev–Trinajstić information content (AvgIpc) is 2.77. The van der Waals surface area contributed by atoms with Crippen molar-refractivity contribution >= 4 is 23.4 Å². The van der Waals surface area contributed by atoms with Gasteiger partial charge in [-0.1, -0.05) is 6.07 Å². The summed E-state index contributed by atoms with van der Waals surface area (Å²) in [6.07, 6.45) is -3.09. The van der Waals surface area contributed by atoms with E-state index >= 15 is 0 Å². The number of ether oxygens (including phenoxy) is 1. The van der Waals surface area contributed by atoms with Crippen LogP contribution in [0.1, 0.15) is 28.8 Å². The van der Waals surface area contributed by atoms with Crippen LogP contribution < -0.4 is 5.32 Å². The number of nitriles is 2. The van der Waals surface area contributed by atoms with E-state index in [9.17, 15) is 22.8 Å². The Labute approximate surface area is 181 Å². The lowest BCUT2D eigenvalue weighted by Crippen LogP contribution is -2.36. The zero-order chi connectivity index (χ0) is 23.6. The fraction of sp³-hybridized carbons (Fsp3) is 0.286. The van der Waals surface area contributed by atoms with Crippen LogP contribution in [-0.4, -0.2) is 41.5 Å². The van der Waals surface area contributed by atoms with Crippen LogP contribution in [0, 0.1) is 22.7 Å². The van der Waals surface area contributed by atoms with E-state index in [0.29, 0.717) is 0 Å². The number of halogens is 3. The minimum absolute atomic E-state index is 0.0462. The van der Waals surface area contributed by atoms with Gasteiger partial charge in [0.15, 0.2) is 6.61 Å². The molecule has 0 aliphatic carbocycles. The number of amides is 1. The Bertz CT molecular complexity index is 1030. The molecule has 0 bridgehead atoms. The van der Waals surface area contributed by atoms with Gasteiger partial charge in [0.1, 0.15) is 11.4 Å². The molecule has 0 spiro atoms. The summed E-state index contributed by atoms with van der Waals surface area (Å²) in [5.41, 5.74) is -0.899. The van der Waals surface area contributed by atoms with E-state index in [4.69, 9.17) is 15.3 Å². The van der Waals surface area contributed by atoms with Crippen molar-refractivity contribution in [3.8, 4) is 12.1 Å². The molecule has 1 heterocycles. The number of carbonyl (C=O) groups excluding carboxylic acids is 2. The fourth-order valence-electron chi connectivity index (χ4n) is 2.61. The highest BCUT2D eigenvalue weighted by Crippen LogP contribution is 2.31. The predicted octanol–water partition coefficient (Wildman–Crippen LogP) is 3.66. The molecule has 32 heavy (non-hydrogen) atoms. The maximum atomic E-state index is 12.9. The summed E-state index contributed by atoms with van der Waals surface area (Å²) in [5.74, 6) is -1.54. The molecule has 166 valence electrons. The van der Waals surface area contributed by atoms with Crippen LogP contribution in [0.5, 0.6) is 0 Å². The Kier molecular flexibility index (Phi) is 8.54. The van der Waals surface area contributed by atoms with E-state index in [0.717, 1.165) is 12.1 Å². The third-order valence-corrected chi connectivity index (χ3v) is 4.15. The standard InChI is InChI=1S/C21H18F3N5O3/c22-21(23,24)15-5-1-6-16(13-15)28-19-17(7-2-10-27-19)20(31)32-14-18(30)29(11-3-8-25)12-4-9-26/h1-2,5-7,10,13H,3-4,11-12,14H2,(H,27,28). The van der Waals surface area contributed by atoms with Gasteiger partial charge in [-0.2, -0.15) is 23.7 Å². The molecule has 1 N–H and O–H groups in total. The number of aromatic nitrogens is 1. The molecule has 11 heteroatoms. The van der Waals surface area contributed by atoms with Crippen LogP contribution >= 0.6 is 0 Å². The van der Waals surface area contributed by atoms with Crippen molar-refractivity contribution in [1.82, 2.24) is 9.88 Å². The third-order valence-electron chi connectivity index (χ3n) is 4.15. The van der Waals surface area contributed by atoms with Gasteiger partial charge >= 0.3 is 12.1 Å². The highest BCUT2D eigenvalue weighted by Gasteiger charge is 2.30. The molecule has 1 amide bonds. The van der Waals surface area contributed by atoms with Gasteiger partial charge in [-0.05, 0) is 30.3 Å². The topological polar surface area (TPSA) is 119 Å². The Morgan fingerprint density at radius 2 is 1.78 bits per heavy atom. The Morgan fingerprint density at radius 1 is 1.09 bits per heavy atom. The summed E-state index contributed by atoms with van der Waals surface area (Å²) in [6, 6.07) is 10.9. The number of alkyl halides is 3. The van der Waals surface area contributed by atoms with Crippen molar-refractivity contribution in [2.45, 2.75) is 19.0 Å². The Balaban J connectivity index is 2.10. The van der Waals surface area contributed by atoms with Crippen LogP contribution in [0.4, 0.5) is 24.7 Å². The molecular formula is C21H18F3N5O3. The number of esters is 1. The number of anilines is 2. The summed E-state index contributed by atoms with van der Waals surface area (Å²) in [4.78, 5) is 30.0. The number of hydrogen-bond donors (Lipinski definition) is 1. The molecule has 1 aromatic carbocycles. The summed E-state index contributed by atoms with van der Waals surface area (Å²) in [5, 5.41) is 20.0. The monoisotopic (exact) mass is 445 g/mol. The lowest BCUT2D eigenvalue weighted by Gasteiger charge is -2.20. The molecule has 0 aliphatic rings. The summed E-state index contributed by atoms with van der Waals surface area (Å²) in [7, 11) is 0. The highest BCUT2D eigenvalue weighted by atomic mass is 19.4. The first kappa shape index (κ1) is 24.2. The van der Waals surface area contributed by atoms with E-state index in [1.807, 2.05) is 12.1 Å². The lowest BCUT2D eigenvalue weighted by molar-refractivity contribution is -0.137. The smallest absolute Gasteiger partial charge is 0.416 e. The van der Waals surface area contributed by atoms with Crippen LogP contribution in [0.15, 0.2) is 42.6 Å². The second-order valence-corrected chi connectivity index (χ2v) is 6.38. The van der Waals surface area contributed by atoms with Gasteiger partial charge in [-0.15, -0.1) is 0 Å². The first-order chi connectivity index (χ1) is 15.3. The van der Waals surface area contributed by atoms with Gasteiger partial charge in [-0.3, -0.25) is 4.79 Å². The Morgan fingerprint density at radius 3 is 2.41 bits per heavy atom. The maximum Gasteiger partial charge on any atom is 0.416 e. The predicted molar refractivity (Wildman–Crippen MR) is 106 cm³/mol. The fourth-order valence-corrected chi connectivity index (χ4v) is 2.61. The van der Waals surface area contributed by atoms with Gasteiger partial charge in [0.05, 0.1) is 30.5 Å². The van der Waals surface area contributed by atoms with Crippen molar-refractivity contribution in [2.75, 3.05) is 25.0 Å². The van der Waals surface area contributed by atoms with Crippen LogP contribution in [-0.2, 0) is 15.7 Å². The molecule has 1 aromatic heterocycles. The van der Waals surface area contributed by atoms with Gasteiger partial charge < -0.3 is 15.0 Å². The van der Waals surface area contributed by atoms with Gasteiger partial charge in [0, 0.05) is 25.0 Å². The molecule has 0 saturated heterocycles. The number of carbonyl (C=O) groups is 2. The zero-order valence-electron chi connectivity index (χ0n) is 16.7. The van der Waals surface area contributed by atoms with Gasteiger partial charge in [0.2, 0.25) is 0 Å². The first-order valence-corrected chi connectivity index (χ1v) is 9.34.